The number of nitrogens with zero attached hydrogens (tertiary/aromatic N) is 4. The van der Waals surface area contributed by atoms with Crippen molar-refractivity contribution < 1.29 is 19.1 Å². The zero-order valence-electron chi connectivity index (χ0n) is 16.5. The Morgan fingerprint density at radius 1 is 1.13 bits per heavy atom. The van der Waals surface area contributed by atoms with Gasteiger partial charge >= 0.3 is 0 Å². The van der Waals surface area contributed by atoms with Crippen LogP contribution in [0.5, 0.6) is 17.4 Å². The van der Waals surface area contributed by atoms with E-state index in [1.54, 1.807) is 60.3 Å². The van der Waals surface area contributed by atoms with Gasteiger partial charge in [0.1, 0.15) is 17.1 Å². The summed E-state index contributed by atoms with van der Waals surface area (Å²) in [6.07, 6.45) is 3.32. The van der Waals surface area contributed by atoms with E-state index in [2.05, 4.69) is 20.4 Å². The number of carbonyl (C=O) groups excluding carboxylic acids is 2. The van der Waals surface area contributed by atoms with Crippen LogP contribution in [0.1, 0.15) is 15.9 Å². The summed E-state index contributed by atoms with van der Waals surface area (Å²) in [5.74, 6) is 0.533. The number of amides is 2. The highest BCUT2D eigenvalue weighted by atomic mass is 16.5. The third-order valence-corrected chi connectivity index (χ3v) is 4.34. The number of anilines is 1. The SMILES string of the molecule is COc1ccn2nc(NC(=O)Cc3ccc(Oc4ncccc4C(N)=O)cc3)nc2c1. The first kappa shape index (κ1) is 19.8. The molecule has 3 heterocycles. The van der Waals surface area contributed by atoms with E-state index in [0.29, 0.717) is 17.1 Å². The van der Waals surface area contributed by atoms with E-state index in [9.17, 15) is 9.59 Å². The van der Waals surface area contributed by atoms with Gasteiger partial charge in [0, 0.05) is 18.5 Å². The van der Waals surface area contributed by atoms with Gasteiger partial charge in [0.05, 0.1) is 13.5 Å². The lowest BCUT2D eigenvalue weighted by Crippen LogP contribution is -2.15. The van der Waals surface area contributed by atoms with Gasteiger partial charge in [-0.05, 0) is 35.9 Å². The molecule has 4 aromatic rings. The Hall–Kier alpha value is -4.47. The number of rotatable bonds is 7. The van der Waals surface area contributed by atoms with Gasteiger partial charge in [0.25, 0.3) is 5.91 Å². The summed E-state index contributed by atoms with van der Waals surface area (Å²) in [6, 6.07) is 13.4. The highest BCUT2D eigenvalue weighted by Gasteiger charge is 2.12. The van der Waals surface area contributed by atoms with Gasteiger partial charge in [-0.25, -0.2) is 9.50 Å². The van der Waals surface area contributed by atoms with Gasteiger partial charge in [-0.2, -0.15) is 4.98 Å². The number of fused-ring (bicyclic) bond motifs is 1. The molecule has 0 aliphatic rings. The first-order valence-corrected chi connectivity index (χ1v) is 9.24. The van der Waals surface area contributed by atoms with Crippen LogP contribution in [-0.2, 0) is 11.2 Å². The fourth-order valence-corrected chi connectivity index (χ4v) is 2.84. The maximum Gasteiger partial charge on any atom is 0.254 e. The van der Waals surface area contributed by atoms with E-state index < -0.39 is 5.91 Å². The first-order valence-electron chi connectivity index (χ1n) is 9.24. The average Bonchev–Trinajstić information content (AvgIpc) is 3.16. The summed E-state index contributed by atoms with van der Waals surface area (Å²) in [7, 11) is 1.56. The molecule has 10 heteroatoms. The van der Waals surface area contributed by atoms with Crippen LogP contribution in [0.4, 0.5) is 5.95 Å². The van der Waals surface area contributed by atoms with Crippen molar-refractivity contribution >= 4 is 23.4 Å². The highest BCUT2D eigenvalue weighted by Crippen LogP contribution is 2.23. The lowest BCUT2D eigenvalue weighted by atomic mass is 10.1. The van der Waals surface area contributed by atoms with Crippen LogP contribution in [0.2, 0.25) is 0 Å². The van der Waals surface area contributed by atoms with Crippen LogP contribution in [0, 0.1) is 0 Å². The Kier molecular flexibility index (Phi) is 5.43. The standard InChI is InChI=1S/C21H18N6O4/c1-30-15-8-10-27-17(12-15)24-21(26-27)25-18(28)11-13-4-6-14(7-5-13)31-20-16(19(22)29)3-2-9-23-20/h2-10,12H,11H2,1H3,(H2,22,29)(H,25,26,28). The highest BCUT2D eigenvalue weighted by molar-refractivity contribution is 5.95. The first-order chi connectivity index (χ1) is 15.0. The fourth-order valence-electron chi connectivity index (χ4n) is 2.84. The molecule has 0 saturated heterocycles. The molecule has 0 spiro atoms. The molecule has 10 nitrogen and oxygen atoms in total. The maximum atomic E-state index is 12.4. The van der Waals surface area contributed by atoms with Gasteiger partial charge in [0.2, 0.25) is 17.7 Å². The normalized spacial score (nSPS) is 10.6. The Morgan fingerprint density at radius 2 is 1.94 bits per heavy atom. The molecule has 2 amide bonds. The van der Waals surface area contributed by atoms with Crippen molar-refractivity contribution in [3.63, 3.8) is 0 Å². The third kappa shape index (κ3) is 4.58. The minimum absolute atomic E-state index is 0.120. The molecule has 31 heavy (non-hydrogen) atoms. The Labute approximate surface area is 176 Å². The number of ether oxygens (including phenoxy) is 2. The number of hydrogen-bond donors (Lipinski definition) is 2. The summed E-state index contributed by atoms with van der Waals surface area (Å²) in [5.41, 5.74) is 6.82. The van der Waals surface area contributed by atoms with Crippen LogP contribution in [-0.4, -0.2) is 38.5 Å². The number of nitrogens with two attached hydrogens (primary N) is 1. The predicted molar refractivity (Wildman–Crippen MR) is 111 cm³/mol. The fraction of sp³-hybridized carbons (Fsp3) is 0.0952. The molecule has 3 aromatic heterocycles. The van der Waals surface area contributed by atoms with Crippen molar-refractivity contribution in [1.29, 1.82) is 0 Å². The quantitative estimate of drug-likeness (QED) is 0.470. The molecule has 3 N–H and O–H groups in total. The predicted octanol–water partition coefficient (Wildman–Crippen LogP) is 2.21. The number of benzene rings is 1. The van der Waals surface area contributed by atoms with Crippen LogP contribution in [0.25, 0.3) is 5.65 Å². The van der Waals surface area contributed by atoms with E-state index >= 15 is 0 Å². The molecule has 0 bridgehead atoms. The summed E-state index contributed by atoms with van der Waals surface area (Å²) >= 11 is 0. The molecule has 4 rings (SSSR count). The van der Waals surface area contributed by atoms with Crippen molar-refractivity contribution in [3.05, 3.63) is 72.1 Å². The number of methoxy groups -OCH3 is 1. The zero-order valence-corrected chi connectivity index (χ0v) is 16.5. The second-order valence-corrected chi connectivity index (χ2v) is 6.50. The van der Waals surface area contributed by atoms with Crippen molar-refractivity contribution in [2.45, 2.75) is 6.42 Å². The molecule has 0 unspecified atom stereocenters. The van der Waals surface area contributed by atoms with Crippen LogP contribution in [0.15, 0.2) is 60.9 Å². The monoisotopic (exact) mass is 418 g/mol. The van der Waals surface area contributed by atoms with Crippen molar-refractivity contribution in [2.75, 3.05) is 12.4 Å². The number of nitrogens with one attached hydrogen (secondary N) is 1. The summed E-state index contributed by atoms with van der Waals surface area (Å²) in [4.78, 5) is 32.1. The topological polar surface area (TPSA) is 134 Å². The van der Waals surface area contributed by atoms with Gasteiger partial charge in [-0.15, -0.1) is 5.10 Å². The molecular formula is C21H18N6O4. The zero-order chi connectivity index (χ0) is 21.8. The van der Waals surface area contributed by atoms with Crippen molar-refractivity contribution in [2.24, 2.45) is 5.73 Å². The molecule has 0 saturated carbocycles. The Balaban J connectivity index is 1.40. The molecule has 0 aliphatic carbocycles. The van der Waals surface area contributed by atoms with Gasteiger partial charge in [0.15, 0.2) is 5.65 Å². The number of carbonyl (C=O) groups is 2. The largest absolute Gasteiger partial charge is 0.497 e. The van der Waals surface area contributed by atoms with Gasteiger partial charge in [-0.1, -0.05) is 12.1 Å². The Morgan fingerprint density at radius 3 is 2.68 bits per heavy atom. The second-order valence-electron chi connectivity index (χ2n) is 6.50. The summed E-state index contributed by atoms with van der Waals surface area (Å²) in [6.45, 7) is 0. The smallest absolute Gasteiger partial charge is 0.254 e. The maximum absolute atomic E-state index is 12.4. The van der Waals surface area contributed by atoms with Crippen LogP contribution >= 0.6 is 0 Å². The summed E-state index contributed by atoms with van der Waals surface area (Å²) in [5, 5.41) is 6.88. The lowest BCUT2D eigenvalue weighted by molar-refractivity contribution is -0.115. The molecule has 0 atom stereocenters. The molecular weight excluding hydrogens is 400 g/mol. The number of pyridine rings is 2. The molecule has 156 valence electrons. The third-order valence-electron chi connectivity index (χ3n) is 4.34. The van der Waals surface area contributed by atoms with Crippen molar-refractivity contribution in [1.82, 2.24) is 19.6 Å². The van der Waals surface area contributed by atoms with E-state index in [4.69, 9.17) is 15.2 Å². The number of hydrogen-bond acceptors (Lipinski definition) is 7. The van der Waals surface area contributed by atoms with E-state index in [0.717, 1.165) is 5.56 Å². The van der Waals surface area contributed by atoms with E-state index in [1.807, 2.05) is 0 Å². The number of primary amides is 1. The van der Waals surface area contributed by atoms with Crippen molar-refractivity contribution in [3.8, 4) is 17.4 Å². The van der Waals surface area contributed by atoms with Gasteiger partial charge in [-0.3, -0.25) is 14.9 Å². The lowest BCUT2D eigenvalue weighted by Gasteiger charge is -2.08. The molecule has 0 aliphatic heterocycles. The minimum Gasteiger partial charge on any atom is -0.497 e. The molecule has 0 fully saturated rings. The number of aromatic nitrogens is 4. The molecule has 1 aromatic carbocycles. The van der Waals surface area contributed by atoms with Gasteiger partial charge < -0.3 is 15.2 Å². The van der Waals surface area contributed by atoms with E-state index in [-0.39, 0.29) is 29.7 Å². The molecule has 0 radical (unpaired) electrons. The minimum atomic E-state index is -0.629. The second kappa shape index (κ2) is 8.49. The van der Waals surface area contributed by atoms with Crippen LogP contribution < -0.4 is 20.5 Å². The van der Waals surface area contributed by atoms with Crippen LogP contribution in [0.3, 0.4) is 0 Å². The average molecular weight is 418 g/mol. The van der Waals surface area contributed by atoms with E-state index in [1.165, 1.54) is 12.3 Å². The Bertz CT molecular complexity index is 1250. The summed E-state index contributed by atoms with van der Waals surface area (Å²) < 4.78 is 12.3.